The Bertz CT molecular complexity index is 1080. The molecule has 0 radical (unpaired) electrons. The van der Waals surface area contributed by atoms with Crippen LogP contribution in [0.5, 0.6) is 34.5 Å². The van der Waals surface area contributed by atoms with Crippen molar-refractivity contribution < 1.29 is 70.6 Å². The van der Waals surface area contributed by atoms with Crippen LogP contribution in [0.1, 0.15) is 20.7 Å². The smallest absolute Gasteiger partial charge is 0.200 e. The summed E-state index contributed by atoms with van der Waals surface area (Å²) in [7, 11) is 0. The molecule has 184 valence electrons. The van der Waals surface area contributed by atoms with Crippen LogP contribution in [0.4, 0.5) is 0 Å². The third-order valence-electron chi connectivity index (χ3n) is 5.00. The molecule has 0 spiro atoms. The molecule has 0 saturated heterocycles. The molecule has 5 atom stereocenters. The van der Waals surface area contributed by atoms with Gasteiger partial charge in [-0.05, 0) is 24.3 Å². The maximum Gasteiger partial charge on any atom is 0.200 e. The highest BCUT2D eigenvalue weighted by atomic mass is 16.4. The normalized spacial score (nSPS) is 16.6. The number of aliphatic hydroxyl groups is 5. The fourth-order valence-corrected chi connectivity index (χ4v) is 3.02. The number of carbonyl (C=O) groups is 3. The minimum absolute atomic E-state index is 0.432. The van der Waals surface area contributed by atoms with Gasteiger partial charge in [-0.2, -0.15) is 0 Å². The zero-order valence-corrected chi connectivity index (χ0v) is 16.8. The van der Waals surface area contributed by atoms with Gasteiger partial charge in [0, 0.05) is 11.1 Å². The largest absolute Gasteiger partial charge is 0.504 e. The van der Waals surface area contributed by atoms with Crippen molar-refractivity contribution in [2.45, 2.75) is 30.0 Å². The Labute approximate surface area is 189 Å². The van der Waals surface area contributed by atoms with E-state index >= 15 is 0 Å². The molecule has 0 heterocycles. The maximum absolute atomic E-state index is 12.8. The molecule has 0 saturated carbocycles. The highest BCUT2D eigenvalue weighted by molar-refractivity contribution is 6.06. The van der Waals surface area contributed by atoms with Gasteiger partial charge >= 0.3 is 0 Å². The number of phenols is 6. The standard InChI is InChI=1S/C20H20O14/c21-5-12(26)20(34,18(32)7-3-10(24)15(29)11(25)4-7)19(33)17(31)16(30)13(27)6-1-8(22)14(28)9(23)2-6/h1-5,12,16-17,19,22-26,28-31,33-34H/t12-,16?,17+,19+,20-/m0/s1. The Balaban J connectivity index is 2.47. The van der Waals surface area contributed by atoms with Gasteiger partial charge in [0.25, 0.3) is 0 Å². The van der Waals surface area contributed by atoms with Crippen LogP contribution in [0.15, 0.2) is 24.3 Å². The van der Waals surface area contributed by atoms with Crippen LogP contribution >= 0.6 is 0 Å². The van der Waals surface area contributed by atoms with E-state index in [1.165, 1.54) is 0 Å². The molecule has 14 nitrogen and oxygen atoms in total. The molecule has 2 aromatic rings. The van der Waals surface area contributed by atoms with Crippen molar-refractivity contribution in [2.75, 3.05) is 0 Å². The lowest BCUT2D eigenvalue weighted by atomic mass is 9.79. The van der Waals surface area contributed by atoms with E-state index in [0.29, 0.717) is 24.3 Å². The van der Waals surface area contributed by atoms with E-state index in [9.17, 15) is 70.6 Å². The van der Waals surface area contributed by atoms with Gasteiger partial charge < -0.3 is 61.0 Å². The lowest BCUT2D eigenvalue weighted by molar-refractivity contribution is -0.166. The van der Waals surface area contributed by atoms with Gasteiger partial charge in [-0.25, -0.2) is 0 Å². The Hall–Kier alpha value is -3.95. The Morgan fingerprint density at radius 2 is 1.12 bits per heavy atom. The first-order valence-electron chi connectivity index (χ1n) is 9.17. The van der Waals surface area contributed by atoms with Crippen molar-refractivity contribution >= 4 is 17.9 Å². The summed E-state index contributed by atoms with van der Waals surface area (Å²) in [5, 5.41) is 108. The van der Waals surface area contributed by atoms with Crippen LogP contribution in [0.25, 0.3) is 0 Å². The summed E-state index contributed by atoms with van der Waals surface area (Å²) in [6, 6.07) is 2.09. The molecule has 0 aliphatic heterocycles. The molecule has 0 bridgehead atoms. The van der Waals surface area contributed by atoms with Gasteiger partial charge in [0.2, 0.25) is 5.78 Å². The molecule has 2 rings (SSSR count). The van der Waals surface area contributed by atoms with Crippen molar-refractivity contribution in [3.63, 3.8) is 0 Å². The number of phenolic OH excluding ortho intramolecular Hbond substituents is 6. The third-order valence-corrected chi connectivity index (χ3v) is 5.00. The molecule has 0 aromatic heterocycles. The van der Waals surface area contributed by atoms with E-state index in [0.717, 1.165) is 0 Å². The number of hydrogen-bond donors (Lipinski definition) is 11. The van der Waals surface area contributed by atoms with Gasteiger partial charge in [-0.15, -0.1) is 0 Å². The minimum atomic E-state index is -3.67. The molecule has 0 amide bonds. The Kier molecular flexibility index (Phi) is 7.35. The number of aldehydes is 1. The maximum atomic E-state index is 12.8. The van der Waals surface area contributed by atoms with Crippen molar-refractivity contribution in [3.05, 3.63) is 35.4 Å². The first-order valence-corrected chi connectivity index (χ1v) is 9.17. The van der Waals surface area contributed by atoms with Crippen molar-refractivity contribution in [2.24, 2.45) is 0 Å². The Morgan fingerprint density at radius 3 is 1.50 bits per heavy atom. The zero-order chi connectivity index (χ0) is 26.1. The van der Waals surface area contributed by atoms with E-state index in [4.69, 9.17) is 0 Å². The second-order valence-corrected chi connectivity index (χ2v) is 7.21. The van der Waals surface area contributed by atoms with Crippen LogP contribution in [-0.2, 0) is 4.79 Å². The predicted molar refractivity (Wildman–Crippen MR) is 107 cm³/mol. The molecule has 0 aliphatic rings. The summed E-state index contributed by atoms with van der Waals surface area (Å²) >= 11 is 0. The average Bonchev–Trinajstić information content (AvgIpc) is 2.81. The van der Waals surface area contributed by atoms with Gasteiger partial charge in [-0.1, -0.05) is 0 Å². The summed E-state index contributed by atoms with van der Waals surface area (Å²) < 4.78 is 0. The second kappa shape index (κ2) is 9.50. The van der Waals surface area contributed by atoms with Gasteiger partial charge in [0.05, 0.1) is 0 Å². The second-order valence-electron chi connectivity index (χ2n) is 7.21. The van der Waals surface area contributed by atoms with Crippen molar-refractivity contribution in [1.29, 1.82) is 0 Å². The topological polar surface area (TPSA) is 274 Å². The highest BCUT2D eigenvalue weighted by Crippen LogP contribution is 2.38. The molecular formula is C20H20O14. The van der Waals surface area contributed by atoms with Crippen LogP contribution in [-0.4, -0.2) is 104 Å². The van der Waals surface area contributed by atoms with Gasteiger partial charge in [-0.3, -0.25) is 9.59 Å². The van der Waals surface area contributed by atoms with Crippen LogP contribution in [0, 0.1) is 0 Å². The number of ketones is 2. The van der Waals surface area contributed by atoms with Crippen molar-refractivity contribution in [3.8, 4) is 34.5 Å². The molecule has 0 aliphatic carbocycles. The zero-order valence-electron chi connectivity index (χ0n) is 16.8. The summed E-state index contributed by atoms with van der Waals surface area (Å²) in [5.41, 5.74) is -5.25. The number of Topliss-reactive ketones (excluding diaryl/α,β-unsaturated/α-hetero) is 2. The van der Waals surface area contributed by atoms with E-state index in [2.05, 4.69) is 0 Å². The monoisotopic (exact) mass is 484 g/mol. The number of aliphatic hydroxyl groups excluding tert-OH is 4. The predicted octanol–water partition coefficient (Wildman–Crippen LogP) is -2.64. The molecule has 14 heteroatoms. The van der Waals surface area contributed by atoms with E-state index < -0.39 is 93.5 Å². The van der Waals surface area contributed by atoms with Crippen molar-refractivity contribution in [1.82, 2.24) is 0 Å². The summed E-state index contributed by atoms with van der Waals surface area (Å²) in [6.45, 7) is 0. The summed E-state index contributed by atoms with van der Waals surface area (Å²) in [5.74, 6) is -9.54. The average molecular weight is 484 g/mol. The van der Waals surface area contributed by atoms with Crippen LogP contribution in [0.2, 0.25) is 0 Å². The number of aromatic hydroxyl groups is 6. The molecule has 2 aromatic carbocycles. The third kappa shape index (κ3) is 4.43. The molecule has 1 unspecified atom stereocenters. The van der Waals surface area contributed by atoms with E-state index in [1.54, 1.807) is 0 Å². The molecule has 34 heavy (non-hydrogen) atoms. The molecular weight excluding hydrogens is 464 g/mol. The van der Waals surface area contributed by atoms with Crippen LogP contribution in [0.3, 0.4) is 0 Å². The SMILES string of the molecule is O=C[C@H](O)[C@](O)(C(=O)c1cc(O)c(O)c(O)c1)[C@H](O)[C@H](O)C(O)C(=O)c1cc(O)c(O)c(O)c1. The first kappa shape index (κ1) is 26.3. The van der Waals surface area contributed by atoms with Gasteiger partial charge in [0.15, 0.2) is 52.2 Å². The number of benzene rings is 2. The molecule has 11 N–H and O–H groups in total. The Morgan fingerprint density at radius 1 is 0.735 bits per heavy atom. The number of rotatable bonds is 9. The summed E-state index contributed by atoms with van der Waals surface area (Å²) in [4.78, 5) is 36.4. The summed E-state index contributed by atoms with van der Waals surface area (Å²) in [6.07, 6.45) is -11.7. The first-order chi connectivity index (χ1) is 15.7. The fraction of sp³-hybridized carbons (Fsp3) is 0.250. The van der Waals surface area contributed by atoms with E-state index in [1.807, 2.05) is 0 Å². The fourth-order valence-electron chi connectivity index (χ4n) is 3.02. The van der Waals surface area contributed by atoms with E-state index in [-0.39, 0.29) is 0 Å². The highest BCUT2D eigenvalue weighted by Gasteiger charge is 2.54. The molecule has 0 fully saturated rings. The lowest BCUT2D eigenvalue weighted by Crippen LogP contribution is -2.64. The minimum Gasteiger partial charge on any atom is -0.504 e. The van der Waals surface area contributed by atoms with Gasteiger partial charge in [0.1, 0.15) is 24.4 Å². The van der Waals surface area contributed by atoms with Crippen LogP contribution < -0.4 is 0 Å². The quantitative estimate of drug-likeness (QED) is 0.0986. The lowest BCUT2D eigenvalue weighted by Gasteiger charge is -2.36. The number of carbonyl (C=O) groups excluding carboxylic acids is 3. The number of hydrogen-bond acceptors (Lipinski definition) is 14.